The minimum atomic E-state index is -0.690. The second kappa shape index (κ2) is 2.70. The van der Waals surface area contributed by atoms with Crippen LogP contribution < -0.4 is 0 Å². The minimum absolute atomic E-state index is 0.120. The third kappa shape index (κ3) is 1.09. The summed E-state index contributed by atoms with van der Waals surface area (Å²) in [5.41, 5.74) is -0.561. The van der Waals surface area contributed by atoms with Crippen LogP contribution in [0.5, 0.6) is 0 Å². The number of fused-ring (bicyclic) bond motifs is 2. The molecule has 2 rings (SSSR count). The zero-order valence-corrected chi connectivity index (χ0v) is 8.21. The fourth-order valence-electron chi connectivity index (χ4n) is 2.03. The summed E-state index contributed by atoms with van der Waals surface area (Å²) < 4.78 is 5.43. The Balaban J connectivity index is 2.18. The lowest BCUT2D eigenvalue weighted by atomic mass is 9.76. The fraction of sp³-hybridized carbons (Fsp3) is 0.875. The highest BCUT2D eigenvalue weighted by atomic mass is 79.9. The highest BCUT2D eigenvalue weighted by molar-refractivity contribution is 9.09. The van der Waals surface area contributed by atoms with Crippen molar-refractivity contribution in [3.63, 3.8) is 0 Å². The van der Waals surface area contributed by atoms with Crippen LogP contribution in [0, 0.1) is 5.41 Å². The molecular formula is C8H11BrO3. The van der Waals surface area contributed by atoms with Gasteiger partial charge in [-0.2, -0.15) is 0 Å². The predicted octanol–water partition coefficient (Wildman–Crippen LogP) is 1.40. The molecule has 0 radical (unpaired) electrons. The molecule has 4 heteroatoms. The molecule has 3 nitrogen and oxygen atoms in total. The highest BCUT2D eigenvalue weighted by Gasteiger charge is 2.51. The van der Waals surface area contributed by atoms with E-state index in [0.29, 0.717) is 17.9 Å². The molecule has 1 N–H and O–H groups in total. The molecule has 1 heterocycles. The van der Waals surface area contributed by atoms with Gasteiger partial charge < -0.3 is 9.84 Å². The van der Waals surface area contributed by atoms with Crippen molar-refractivity contribution >= 4 is 21.9 Å². The van der Waals surface area contributed by atoms with E-state index in [0.717, 1.165) is 12.8 Å². The molecule has 2 aliphatic rings. The Morgan fingerprint density at radius 1 is 1.67 bits per heavy atom. The zero-order valence-electron chi connectivity index (χ0n) is 6.62. The standard InChI is InChI=1S/C8H11BrO3/c9-5-1-2-8(7(10)11)3-6(5)12-4-8/h5-6H,1-4H2,(H,10,11)/t5-,6-,8+/m1/s1. The third-order valence-corrected chi connectivity index (χ3v) is 3.97. The molecule has 2 bridgehead atoms. The van der Waals surface area contributed by atoms with Crippen LogP contribution in [0.2, 0.25) is 0 Å². The molecule has 1 aliphatic heterocycles. The van der Waals surface area contributed by atoms with Crippen LogP contribution in [-0.4, -0.2) is 28.6 Å². The van der Waals surface area contributed by atoms with Crippen LogP contribution in [0.1, 0.15) is 19.3 Å². The van der Waals surface area contributed by atoms with Gasteiger partial charge in [-0.1, -0.05) is 15.9 Å². The minimum Gasteiger partial charge on any atom is -0.481 e. The van der Waals surface area contributed by atoms with Gasteiger partial charge in [-0.25, -0.2) is 0 Å². The Morgan fingerprint density at radius 2 is 2.42 bits per heavy atom. The lowest BCUT2D eigenvalue weighted by molar-refractivity contribution is -0.149. The second-order valence-corrected chi connectivity index (χ2v) is 4.87. The Kier molecular flexibility index (Phi) is 1.92. The summed E-state index contributed by atoms with van der Waals surface area (Å²) in [6, 6.07) is 0. The topological polar surface area (TPSA) is 46.5 Å². The molecule has 2 fully saturated rings. The number of hydrogen-bond donors (Lipinski definition) is 1. The van der Waals surface area contributed by atoms with E-state index in [1.54, 1.807) is 0 Å². The number of aliphatic carboxylic acids is 1. The van der Waals surface area contributed by atoms with Gasteiger partial charge in [-0.05, 0) is 19.3 Å². The Bertz CT molecular complexity index is 218. The Morgan fingerprint density at radius 3 is 3.08 bits per heavy atom. The number of carboxylic acids is 1. The van der Waals surface area contributed by atoms with Crippen molar-refractivity contribution in [2.24, 2.45) is 5.41 Å². The molecule has 0 aromatic rings. The predicted molar refractivity (Wildman–Crippen MR) is 46.4 cm³/mol. The van der Waals surface area contributed by atoms with E-state index in [4.69, 9.17) is 9.84 Å². The largest absolute Gasteiger partial charge is 0.481 e. The smallest absolute Gasteiger partial charge is 0.312 e. The van der Waals surface area contributed by atoms with Crippen LogP contribution in [0.25, 0.3) is 0 Å². The molecular weight excluding hydrogens is 224 g/mol. The molecule has 0 unspecified atom stereocenters. The molecule has 0 aromatic heterocycles. The first-order valence-electron chi connectivity index (χ1n) is 4.13. The monoisotopic (exact) mass is 234 g/mol. The molecule has 12 heavy (non-hydrogen) atoms. The normalized spacial score (nSPS) is 46.1. The SMILES string of the molecule is O=C(O)[C@@]12CC[C@@H](Br)[C@@H](C1)OC2. The van der Waals surface area contributed by atoms with Gasteiger partial charge in [0.25, 0.3) is 0 Å². The van der Waals surface area contributed by atoms with Crippen LogP contribution in [-0.2, 0) is 9.53 Å². The van der Waals surface area contributed by atoms with Crippen LogP contribution in [0.4, 0.5) is 0 Å². The van der Waals surface area contributed by atoms with Gasteiger partial charge in [0.05, 0.1) is 18.1 Å². The molecule has 0 aromatic carbocycles. The lowest BCUT2D eigenvalue weighted by Gasteiger charge is -2.28. The number of alkyl halides is 1. The summed E-state index contributed by atoms with van der Waals surface area (Å²) in [6.07, 6.45) is 2.46. The van der Waals surface area contributed by atoms with Crippen molar-refractivity contribution in [2.75, 3.05) is 6.61 Å². The van der Waals surface area contributed by atoms with E-state index in [2.05, 4.69) is 15.9 Å². The number of carboxylic acid groups (broad SMARTS) is 1. The average molecular weight is 235 g/mol. The molecule has 3 atom stereocenters. The number of rotatable bonds is 1. The number of hydrogen-bond acceptors (Lipinski definition) is 2. The van der Waals surface area contributed by atoms with E-state index >= 15 is 0 Å². The molecule has 68 valence electrons. The lowest BCUT2D eigenvalue weighted by Crippen LogP contribution is -2.36. The maximum Gasteiger partial charge on any atom is 0.312 e. The zero-order chi connectivity index (χ0) is 8.77. The van der Waals surface area contributed by atoms with Gasteiger partial charge in [0.15, 0.2) is 0 Å². The number of halogens is 1. The quantitative estimate of drug-likeness (QED) is 0.699. The maximum absolute atomic E-state index is 10.9. The van der Waals surface area contributed by atoms with E-state index < -0.39 is 11.4 Å². The van der Waals surface area contributed by atoms with E-state index in [1.807, 2.05) is 0 Å². The van der Waals surface area contributed by atoms with Gasteiger partial charge in [-0.3, -0.25) is 4.79 Å². The fourth-order valence-corrected chi connectivity index (χ4v) is 2.60. The maximum atomic E-state index is 10.9. The highest BCUT2D eigenvalue weighted by Crippen LogP contribution is 2.46. The summed E-state index contributed by atoms with van der Waals surface area (Å²) in [6.45, 7) is 0.398. The molecule has 1 aliphatic carbocycles. The summed E-state index contributed by atoms with van der Waals surface area (Å²) in [5.74, 6) is -0.690. The average Bonchev–Trinajstić information content (AvgIpc) is 2.40. The molecule has 0 amide bonds. The first kappa shape index (κ1) is 8.51. The number of carbonyl (C=O) groups is 1. The van der Waals surface area contributed by atoms with Crippen LogP contribution >= 0.6 is 15.9 Å². The van der Waals surface area contributed by atoms with Crippen molar-refractivity contribution in [2.45, 2.75) is 30.2 Å². The molecule has 1 saturated heterocycles. The van der Waals surface area contributed by atoms with E-state index in [1.165, 1.54) is 0 Å². The summed E-state index contributed by atoms with van der Waals surface area (Å²) in [5, 5.41) is 9.01. The van der Waals surface area contributed by atoms with Crippen molar-refractivity contribution in [3.05, 3.63) is 0 Å². The van der Waals surface area contributed by atoms with Gasteiger partial charge in [0.2, 0.25) is 0 Å². The van der Waals surface area contributed by atoms with Gasteiger partial charge in [-0.15, -0.1) is 0 Å². The third-order valence-electron chi connectivity index (χ3n) is 2.92. The second-order valence-electron chi connectivity index (χ2n) is 3.69. The van der Waals surface area contributed by atoms with E-state index in [-0.39, 0.29) is 6.10 Å². The summed E-state index contributed by atoms with van der Waals surface area (Å²) in [4.78, 5) is 11.3. The first-order valence-corrected chi connectivity index (χ1v) is 5.05. The Hall–Kier alpha value is -0.0900. The Labute approximate surface area is 79.2 Å². The molecule has 0 spiro atoms. The van der Waals surface area contributed by atoms with Gasteiger partial charge in [0.1, 0.15) is 0 Å². The van der Waals surface area contributed by atoms with Crippen molar-refractivity contribution in [1.29, 1.82) is 0 Å². The van der Waals surface area contributed by atoms with Gasteiger partial charge >= 0.3 is 5.97 Å². The van der Waals surface area contributed by atoms with E-state index in [9.17, 15) is 4.79 Å². The van der Waals surface area contributed by atoms with Gasteiger partial charge in [0, 0.05) is 4.83 Å². The van der Waals surface area contributed by atoms with Crippen molar-refractivity contribution in [1.82, 2.24) is 0 Å². The summed E-state index contributed by atoms with van der Waals surface area (Å²) >= 11 is 3.50. The first-order chi connectivity index (χ1) is 5.64. The van der Waals surface area contributed by atoms with Crippen molar-refractivity contribution < 1.29 is 14.6 Å². The summed E-state index contributed by atoms with van der Waals surface area (Å²) in [7, 11) is 0. The van der Waals surface area contributed by atoms with Crippen LogP contribution in [0.3, 0.4) is 0 Å². The van der Waals surface area contributed by atoms with Crippen molar-refractivity contribution in [3.8, 4) is 0 Å². The van der Waals surface area contributed by atoms with Crippen LogP contribution in [0.15, 0.2) is 0 Å². The molecule has 1 saturated carbocycles. The number of ether oxygens (including phenoxy) is 1.